The maximum Gasteiger partial charge on any atom is 0.323 e. The summed E-state index contributed by atoms with van der Waals surface area (Å²) in [6, 6.07) is 18.3. The first-order chi connectivity index (χ1) is 14.7. The fourth-order valence-electron chi connectivity index (χ4n) is 3.50. The third-order valence-electron chi connectivity index (χ3n) is 4.82. The summed E-state index contributed by atoms with van der Waals surface area (Å²) in [4.78, 5) is 23.2. The fraction of sp³-hybridized carbons (Fsp3) is 0.125. The first kappa shape index (κ1) is 21.6. The van der Waals surface area contributed by atoms with Crippen molar-refractivity contribution in [3.05, 3.63) is 77.4 Å². The van der Waals surface area contributed by atoms with Gasteiger partial charge in [-0.2, -0.15) is 0 Å². The molecule has 0 spiro atoms. The Kier molecular flexibility index (Phi) is 6.06. The molecular weight excluding hydrogens is 394 g/mol. The summed E-state index contributed by atoms with van der Waals surface area (Å²) < 4.78 is 0. The number of aryl methyl sites for hydroxylation is 2. The van der Waals surface area contributed by atoms with E-state index in [2.05, 4.69) is 6.07 Å². The Morgan fingerprint density at radius 2 is 1.61 bits per heavy atom. The Balaban J connectivity index is 0.000000176. The number of phenols is 1. The number of carboxylic acid groups (broad SMARTS) is 1. The van der Waals surface area contributed by atoms with E-state index in [1.807, 2.05) is 38.1 Å². The minimum Gasteiger partial charge on any atom is -0.505 e. The number of nitrogen functional groups attached to an aromatic ring is 1. The number of nitrogens with two attached hydrogens (primary N) is 1. The minimum absolute atomic E-state index is 0.146. The van der Waals surface area contributed by atoms with Gasteiger partial charge in [-0.15, -0.1) is 0 Å². The first-order valence-electron chi connectivity index (χ1n) is 9.56. The summed E-state index contributed by atoms with van der Waals surface area (Å²) in [5.41, 5.74) is 11.1. The van der Waals surface area contributed by atoms with Crippen molar-refractivity contribution in [2.75, 3.05) is 17.2 Å². The molecule has 0 bridgehead atoms. The molecule has 7 nitrogen and oxygen atoms in total. The predicted molar refractivity (Wildman–Crippen MR) is 121 cm³/mol. The molecule has 0 saturated heterocycles. The van der Waals surface area contributed by atoms with Gasteiger partial charge in [0.25, 0.3) is 5.91 Å². The predicted octanol–water partition coefficient (Wildman–Crippen LogP) is 3.74. The molecule has 0 saturated carbocycles. The van der Waals surface area contributed by atoms with Gasteiger partial charge in [-0.1, -0.05) is 59.7 Å². The summed E-state index contributed by atoms with van der Waals surface area (Å²) >= 11 is 0. The summed E-state index contributed by atoms with van der Waals surface area (Å²) in [5, 5.41) is 26.1. The van der Waals surface area contributed by atoms with Gasteiger partial charge in [0.1, 0.15) is 18.0 Å². The van der Waals surface area contributed by atoms with Gasteiger partial charge in [0.2, 0.25) is 0 Å². The molecule has 0 unspecified atom stereocenters. The molecule has 3 aromatic carbocycles. The summed E-state index contributed by atoms with van der Waals surface area (Å²) in [6.45, 7) is 3.68. The molecule has 1 aliphatic rings. The number of carboxylic acids is 1. The Hall–Kier alpha value is -4.13. The third-order valence-corrected chi connectivity index (χ3v) is 4.82. The number of hydrogen-bond acceptors (Lipinski definition) is 5. The maximum absolute atomic E-state index is 11.5. The van der Waals surface area contributed by atoms with Crippen LogP contribution in [0.2, 0.25) is 0 Å². The number of phenolic OH excluding ortho intramolecular Hbond substituents is 1. The lowest BCUT2D eigenvalue weighted by Gasteiger charge is -2.13. The van der Waals surface area contributed by atoms with Crippen molar-refractivity contribution in [2.24, 2.45) is 0 Å². The average molecular weight is 417 g/mol. The van der Waals surface area contributed by atoms with Crippen molar-refractivity contribution in [2.45, 2.75) is 13.8 Å². The van der Waals surface area contributed by atoms with Crippen LogP contribution in [0.4, 0.5) is 11.4 Å². The number of fused-ring (bicyclic) bond motifs is 1. The largest absolute Gasteiger partial charge is 0.505 e. The Labute approximate surface area is 179 Å². The van der Waals surface area contributed by atoms with Gasteiger partial charge in [0.15, 0.2) is 0 Å². The van der Waals surface area contributed by atoms with Crippen LogP contribution in [0.15, 0.2) is 60.7 Å². The fourth-order valence-corrected chi connectivity index (χ4v) is 3.50. The zero-order valence-electron chi connectivity index (χ0n) is 17.2. The highest BCUT2D eigenvalue weighted by molar-refractivity contribution is 6.53. The molecule has 5 N–H and O–H groups in total. The number of nitrogens with zero attached hydrogens (tertiary/aromatic N) is 1. The van der Waals surface area contributed by atoms with Crippen LogP contribution in [0, 0.1) is 19.3 Å². The van der Waals surface area contributed by atoms with Crippen LogP contribution in [-0.2, 0) is 9.59 Å². The number of aliphatic carboxylic acids is 1. The van der Waals surface area contributed by atoms with E-state index in [1.54, 1.807) is 30.3 Å². The monoisotopic (exact) mass is 417 g/mol. The van der Waals surface area contributed by atoms with Gasteiger partial charge in [0, 0.05) is 11.1 Å². The SMILES string of the molecule is Cc1cc(C)cc(-c2cccc(N)c2O)c1.N=C1C(=O)N(CC(=O)O)c2ccccc21. The molecule has 7 heteroatoms. The number of aromatic hydroxyl groups is 1. The number of benzene rings is 3. The third kappa shape index (κ3) is 4.56. The molecule has 1 aliphatic heterocycles. The molecule has 0 aromatic heterocycles. The van der Waals surface area contributed by atoms with Crippen LogP contribution < -0.4 is 10.6 Å². The molecule has 3 aromatic rings. The number of carbonyl (C=O) groups is 2. The molecule has 0 aliphatic carbocycles. The van der Waals surface area contributed by atoms with E-state index in [0.29, 0.717) is 16.9 Å². The molecule has 1 heterocycles. The van der Waals surface area contributed by atoms with E-state index in [9.17, 15) is 14.7 Å². The number of rotatable bonds is 3. The second-order valence-corrected chi connectivity index (χ2v) is 7.30. The van der Waals surface area contributed by atoms with E-state index in [1.165, 1.54) is 11.1 Å². The number of amides is 1. The molecule has 0 radical (unpaired) electrons. The molecule has 1 amide bonds. The lowest BCUT2D eigenvalue weighted by Crippen LogP contribution is -2.34. The molecule has 0 fully saturated rings. The number of nitrogens with one attached hydrogen (secondary N) is 1. The number of carbonyl (C=O) groups excluding carboxylic acids is 1. The van der Waals surface area contributed by atoms with Crippen molar-refractivity contribution in [3.8, 4) is 16.9 Å². The highest BCUT2D eigenvalue weighted by atomic mass is 16.4. The van der Waals surface area contributed by atoms with Crippen LogP contribution in [0.5, 0.6) is 5.75 Å². The van der Waals surface area contributed by atoms with Crippen molar-refractivity contribution < 1.29 is 19.8 Å². The van der Waals surface area contributed by atoms with Crippen molar-refractivity contribution in [3.63, 3.8) is 0 Å². The minimum atomic E-state index is -1.09. The van der Waals surface area contributed by atoms with Gasteiger partial charge < -0.3 is 15.9 Å². The van der Waals surface area contributed by atoms with Crippen LogP contribution in [0.25, 0.3) is 11.1 Å². The second-order valence-electron chi connectivity index (χ2n) is 7.30. The second kappa shape index (κ2) is 8.71. The highest BCUT2D eigenvalue weighted by Crippen LogP contribution is 2.34. The average Bonchev–Trinajstić information content (AvgIpc) is 2.95. The molecule has 0 atom stereocenters. The van der Waals surface area contributed by atoms with Gasteiger partial charge in [-0.3, -0.25) is 19.9 Å². The molecular formula is C24H23N3O4. The summed E-state index contributed by atoms with van der Waals surface area (Å²) in [5.74, 6) is -1.49. The zero-order valence-corrected chi connectivity index (χ0v) is 17.2. The number of para-hydroxylation sites is 2. The van der Waals surface area contributed by atoms with Crippen LogP contribution in [0.3, 0.4) is 0 Å². The summed E-state index contributed by atoms with van der Waals surface area (Å²) in [7, 11) is 0. The maximum atomic E-state index is 11.5. The van der Waals surface area contributed by atoms with E-state index in [0.717, 1.165) is 16.0 Å². The zero-order chi connectivity index (χ0) is 22.7. The first-order valence-corrected chi connectivity index (χ1v) is 9.56. The quantitative estimate of drug-likeness (QED) is 0.381. The van der Waals surface area contributed by atoms with Crippen LogP contribution in [0.1, 0.15) is 16.7 Å². The molecule has 4 rings (SSSR count). The Bertz CT molecular complexity index is 1170. The topological polar surface area (TPSA) is 128 Å². The number of hydrogen-bond donors (Lipinski definition) is 4. The van der Waals surface area contributed by atoms with Gasteiger partial charge in [-0.05, 0) is 31.5 Å². The van der Waals surface area contributed by atoms with Crippen molar-refractivity contribution in [1.82, 2.24) is 0 Å². The van der Waals surface area contributed by atoms with Gasteiger partial charge >= 0.3 is 5.97 Å². The molecule has 31 heavy (non-hydrogen) atoms. The van der Waals surface area contributed by atoms with E-state index in [-0.39, 0.29) is 11.5 Å². The Morgan fingerprint density at radius 3 is 2.26 bits per heavy atom. The van der Waals surface area contributed by atoms with Crippen LogP contribution >= 0.6 is 0 Å². The lowest BCUT2D eigenvalue weighted by atomic mass is 9.99. The normalized spacial score (nSPS) is 12.3. The summed E-state index contributed by atoms with van der Waals surface area (Å²) in [6.07, 6.45) is 0. The van der Waals surface area contributed by atoms with E-state index >= 15 is 0 Å². The lowest BCUT2D eigenvalue weighted by molar-refractivity contribution is -0.136. The Morgan fingerprint density at radius 1 is 1.00 bits per heavy atom. The van der Waals surface area contributed by atoms with Crippen molar-refractivity contribution >= 4 is 29.0 Å². The van der Waals surface area contributed by atoms with Gasteiger partial charge in [-0.25, -0.2) is 0 Å². The smallest absolute Gasteiger partial charge is 0.323 e. The molecule has 158 valence electrons. The highest BCUT2D eigenvalue weighted by Gasteiger charge is 2.33. The van der Waals surface area contributed by atoms with Crippen molar-refractivity contribution in [1.29, 1.82) is 5.41 Å². The standard InChI is InChI=1S/C14H15NO.C10H8N2O3/c1-9-6-10(2)8-11(7-9)12-4-3-5-13(15)14(12)16;11-9-6-3-1-2-4-7(6)12(10(9)15)5-8(13)14/h3-8,16H,15H2,1-2H3;1-4,11H,5H2,(H,13,14). The van der Waals surface area contributed by atoms with Crippen LogP contribution in [-0.4, -0.2) is 34.3 Å². The van der Waals surface area contributed by atoms with Gasteiger partial charge in [0.05, 0.1) is 11.4 Å². The van der Waals surface area contributed by atoms with E-state index < -0.39 is 18.4 Å². The van der Waals surface area contributed by atoms with E-state index in [4.69, 9.17) is 16.2 Å². The number of anilines is 2.